The number of hydrogen-bond donors (Lipinski definition) is 0. The zero-order valence-electron chi connectivity index (χ0n) is 9.00. The van der Waals surface area contributed by atoms with Crippen LogP contribution in [-0.2, 0) is 6.18 Å². The molecule has 18 heavy (non-hydrogen) atoms. The Morgan fingerprint density at radius 1 is 1.44 bits per heavy atom. The van der Waals surface area contributed by atoms with Gasteiger partial charge in [-0.3, -0.25) is 9.69 Å². The highest BCUT2D eigenvalue weighted by Gasteiger charge is 2.33. The minimum absolute atomic E-state index is 0.0527. The number of halogens is 5. The molecule has 3 nitrogen and oxygen atoms in total. The van der Waals surface area contributed by atoms with Crippen LogP contribution in [0.1, 0.15) is 5.56 Å². The lowest BCUT2D eigenvalue weighted by molar-refractivity contribution is -0.137. The van der Waals surface area contributed by atoms with Gasteiger partial charge in [-0.15, -0.1) is 0 Å². The zero-order valence-corrected chi connectivity index (χ0v) is 10.5. The second-order valence-electron chi connectivity index (χ2n) is 3.27. The molecule has 0 aliphatic rings. The van der Waals surface area contributed by atoms with Crippen LogP contribution in [0.5, 0.6) is 0 Å². The normalized spacial score (nSPS) is 11.9. The number of aliphatic imine (C=N–C) groups is 1. The first-order valence-electron chi connectivity index (χ1n) is 4.55. The maximum absolute atomic E-state index is 12.7. The molecule has 0 bridgehead atoms. The Kier molecular flexibility index (Phi) is 4.59. The van der Waals surface area contributed by atoms with Gasteiger partial charge in [-0.05, 0) is 29.8 Å². The third-order valence-corrected chi connectivity index (χ3v) is 2.41. The number of carbonyl (C=O) groups excluding carboxylic acids is 1. The lowest BCUT2D eigenvalue weighted by Gasteiger charge is -2.11. The molecule has 8 heteroatoms. The molecule has 0 unspecified atom stereocenters. The van der Waals surface area contributed by atoms with E-state index in [-0.39, 0.29) is 10.7 Å². The second kappa shape index (κ2) is 5.58. The van der Waals surface area contributed by atoms with Gasteiger partial charge in [-0.2, -0.15) is 13.2 Å². The van der Waals surface area contributed by atoms with Crippen molar-refractivity contribution in [1.82, 2.24) is 4.90 Å². The predicted octanol–water partition coefficient (Wildman–Crippen LogP) is 4.31. The summed E-state index contributed by atoms with van der Waals surface area (Å²) >= 11 is 10.6. The molecule has 98 valence electrons. The molecule has 0 radical (unpaired) electrons. The van der Waals surface area contributed by atoms with E-state index in [0.29, 0.717) is 0 Å². The second-order valence-corrected chi connectivity index (χ2v) is 4.03. The third-order valence-electron chi connectivity index (χ3n) is 1.91. The van der Waals surface area contributed by atoms with Crippen LogP contribution in [0.4, 0.5) is 23.7 Å². The van der Waals surface area contributed by atoms with Crippen LogP contribution >= 0.6 is 23.2 Å². The molecule has 0 spiro atoms. The molecule has 0 saturated heterocycles. The van der Waals surface area contributed by atoms with E-state index < -0.39 is 17.1 Å². The van der Waals surface area contributed by atoms with Gasteiger partial charge in [0.15, 0.2) is 0 Å². The number of nitrogens with zero attached hydrogens (tertiary/aromatic N) is 2. The summed E-state index contributed by atoms with van der Waals surface area (Å²) < 4.78 is 38.0. The molecule has 0 aliphatic heterocycles. The predicted molar refractivity (Wildman–Crippen MR) is 63.6 cm³/mol. The summed E-state index contributed by atoms with van der Waals surface area (Å²) in [6.45, 7) is 0. The van der Waals surface area contributed by atoms with Crippen LogP contribution in [0, 0.1) is 0 Å². The average molecular weight is 299 g/mol. The summed E-state index contributed by atoms with van der Waals surface area (Å²) in [5, 5.41) is -0.913. The molecule has 1 rings (SSSR count). The Bertz CT molecular complexity index is 489. The van der Waals surface area contributed by atoms with Crippen LogP contribution in [0.3, 0.4) is 0 Å². The topological polar surface area (TPSA) is 32.7 Å². The summed E-state index contributed by atoms with van der Waals surface area (Å²) in [6, 6.07) is 3.14. The quantitative estimate of drug-likeness (QED) is 0.346. The standard InChI is InChI=1S/C10H7Cl2F3N2O/c1-17(9(12)18)5-16-8-3-2-6(11)4-7(8)10(13,14)15/h2-5H,1H3. The van der Waals surface area contributed by atoms with Gasteiger partial charge in [-0.1, -0.05) is 11.6 Å². The molecule has 0 aliphatic carbocycles. The summed E-state index contributed by atoms with van der Waals surface area (Å²) in [5.74, 6) is 0. The van der Waals surface area contributed by atoms with Gasteiger partial charge < -0.3 is 0 Å². The van der Waals surface area contributed by atoms with Crippen molar-refractivity contribution in [2.75, 3.05) is 7.05 Å². The molecule has 0 heterocycles. The van der Waals surface area contributed by atoms with Crippen molar-refractivity contribution >= 4 is 40.6 Å². The first kappa shape index (κ1) is 14.8. The third kappa shape index (κ3) is 3.89. The molecule has 0 N–H and O–H groups in total. The fourth-order valence-corrected chi connectivity index (χ4v) is 1.26. The molecule has 0 aromatic heterocycles. The Labute approximate surface area is 111 Å². The van der Waals surface area contributed by atoms with Gasteiger partial charge in [0.2, 0.25) is 0 Å². The van der Waals surface area contributed by atoms with Gasteiger partial charge in [0, 0.05) is 12.1 Å². The summed E-state index contributed by atoms with van der Waals surface area (Å²) in [6.07, 6.45) is -3.69. The van der Waals surface area contributed by atoms with Gasteiger partial charge in [-0.25, -0.2) is 4.99 Å². The van der Waals surface area contributed by atoms with E-state index in [1.807, 2.05) is 0 Å². The number of alkyl halides is 3. The average Bonchev–Trinajstić information content (AvgIpc) is 2.25. The number of carbonyl (C=O) groups is 1. The van der Waals surface area contributed by atoms with Crippen LogP contribution in [-0.4, -0.2) is 23.7 Å². The van der Waals surface area contributed by atoms with Crippen LogP contribution in [0.15, 0.2) is 23.2 Å². The van der Waals surface area contributed by atoms with E-state index in [2.05, 4.69) is 4.99 Å². The van der Waals surface area contributed by atoms with Gasteiger partial charge in [0.25, 0.3) is 0 Å². The van der Waals surface area contributed by atoms with E-state index in [1.165, 1.54) is 13.1 Å². The first-order chi connectivity index (χ1) is 8.21. The van der Waals surface area contributed by atoms with Crippen LogP contribution < -0.4 is 0 Å². The summed E-state index contributed by atoms with van der Waals surface area (Å²) in [7, 11) is 1.27. The van der Waals surface area contributed by atoms with Crippen LogP contribution in [0.2, 0.25) is 5.02 Å². The van der Waals surface area contributed by atoms with Crippen molar-refractivity contribution in [3.63, 3.8) is 0 Å². The fourth-order valence-electron chi connectivity index (χ4n) is 1.04. The zero-order chi connectivity index (χ0) is 13.9. The maximum Gasteiger partial charge on any atom is 0.418 e. The highest BCUT2D eigenvalue weighted by molar-refractivity contribution is 6.63. The van der Waals surface area contributed by atoms with Gasteiger partial charge >= 0.3 is 11.5 Å². The van der Waals surface area contributed by atoms with Crippen molar-refractivity contribution in [2.24, 2.45) is 4.99 Å². The molecule has 1 aromatic carbocycles. The maximum atomic E-state index is 12.7. The van der Waals surface area contributed by atoms with E-state index in [4.69, 9.17) is 23.2 Å². The van der Waals surface area contributed by atoms with Crippen molar-refractivity contribution in [2.45, 2.75) is 6.18 Å². The lowest BCUT2D eigenvalue weighted by atomic mass is 10.2. The van der Waals surface area contributed by atoms with Crippen molar-refractivity contribution in [3.05, 3.63) is 28.8 Å². The lowest BCUT2D eigenvalue weighted by Crippen LogP contribution is -2.18. The highest BCUT2D eigenvalue weighted by atomic mass is 35.5. The largest absolute Gasteiger partial charge is 0.418 e. The monoisotopic (exact) mass is 298 g/mol. The minimum Gasteiger partial charge on any atom is -0.292 e. The van der Waals surface area contributed by atoms with Crippen molar-refractivity contribution < 1.29 is 18.0 Å². The number of hydrogen-bond acceptors (Lipinski definition) is 2. The molecule has 0 atom stereocenters. The SMILES string of the molecule is CN(C=Nc1ccc(Cl)cc1C(F)(F)F)C(=O)Cl. The molecule has 0 fully saturated rings. The van der Waals surface area contributed by atoms with E-state index in [0.717, 1.165) is 23.4 Å². The molecular formula is C10H7Cl2F3N2O. The van der Waals surface area contributed by atoms with Gasteiger partial charge in [0.05, 0.1) is 17.6 Å². The van der Waals surface area contributed by atoms with Crippen molar-refractivity contribution in [3.8, 4) is 0 Å². The summed E-state index contributed by atoms with van der Waals surface area (Å²) in [4.78, 5) is 15.1. The van der Waals surface area contributed by atoms with Crippen molar-refractivity contribution in [1.29, 1.82) is 0 Å². The summed E-state index contributed by atoms with van der Waals surface area (Å²) in [5.41, 5.74) is -1.33. The Morgan fingerprint density at radius 3 is 2.56 bits per heavy atom. The Morgan fingerprint density at radius 2 is 2.06 bits per heavy atom. The molecule has 1 amide bonds. The van der Waals surface area contributed by atoms with E-state index in [1.54, 1.807) is 0 Å². The fraction of sp³-hybridized carbons (Fsp3) is 0.200. The van der Waals surface area contributed by atoms with Gasteiger partial charge in [0.1, 0.15) is 0 Å². The number of benzene rings is 1. The van der Waals surface area contributed by atoms with E-state index in [9.17, 15) is 18.0 Å². The van der Waals surface area contributed by atoms with Crippen LogP contribution in [0.25, 0.3) is 0 Å². The smallest absolute Gasteiger partial charge is 0.292 e. The Balaban J connectivity index is 3.13. The number of rotatable bonds is 2. The molecule has 1 aromatic rings. The number of amides is 1. The first-order valence-corrected chi connectivity index (χ1v) is 5.30. The highest BCUT2D eigenvalue weighted by Crippen LogP contribution is 2.37. The van der Waals surface area contributed by atoms with E-state index >= 15 is 0 Å². The Hall–Kier alpha value is -1.27. The molecular weight excluding hydrogens is 292 g/mol. The minimum atomic E-state index is -4.58. The molecule has 0 saturated carbocycles.